The molecule has 4 rings (SSSR count). The first-order valence-corrected chi connectivity index (χ1v) is 9.53. The number of nitrogens with one attached hydrogen (secondary N) is 1. The largest absolute Gasteiger partial charge is 0.448 e. The summed E-state index contributed by atoms with van der Waals surface area (Å²) in [5.41, 5.74) is 4.81. The van der Waals surface area contributed by atoms with Gasteiger partial charge in [-0.05, 0) is 65.0 Å². The molecule has 0 radical (unpaired) electrons. The lowest BCUT2D eigenvalue weighted by Gasteiger charge is -2.02. The van der Waals surface area contributed by atoms with E-state index in [1.54, 1.807) is 22.9 Å². The predicted octanol–water partition coefficient (Wildman–Crippen LogP) is 3.48. The molecule has 0 aliphatic carbocycles. The van der Waals surface area contributed by atoms with Crippen molar-refractivity contribution in [2.24, 2.45) is 5.10 Å². The zero-order chi connectivity index (χ0) is 20.1. The lowest BCUT2D eigenvalue weighted by Crippen LogP contribution is -2.18. The summed E-state index contributed by atoms with van der Waals surface area (Å²) in [6, 6.07) is 20.4. The SMILES string of the molecule is Cc1ccccc1C(=O)N/N=C/c1ccc(Sc2nnnn2-c2ccccc2)o1. The molecule has 9 heteroatoms. The van der Waals surface area contributed by atoms with Crippen LogP contribution in [0.2, 0.25) is 0 Å². The molecule has 2 heterocycles. The van der Waals surface area contributed by atoms with E-state index in [-0.39, 0.29) is 5.91 Å². The second-order valence-electron chi connectivity index (χ2n) is 5.98. The van der Waals surface area contributed by atoms with E-state index in [9.17, 15) is 4.79 Å². The highest BCUT2D eigenvalue weighted by atomic mass is 32.2. The van der Waals surface area contributed by atoms with Gasteiger partial charge in [0.25, 0.3) is 5.91 Å². The molecule has 2 aromatic heterocycles. The molecule has 144 valence electrons. The number of hydrogen-bond acceptors (Lipinski definition) is 7. The number of benzene rings is 2. The number of carbonyl (C=O) groups is 1. The number of hydrogen-bond donors (Lipinski definition) is 1. The molecule has 0 spiro atoms. The topological polar surface area (TPSA) is 98.2 Å². The first-order chi connectivity index (χ1) is 14.2. The second-order valence-corrected chi connectivity index (χ2v) is 6.95. The molecule has 0 saturated carbocycles. The quantitative estimate of drug-likeness (QED) is 0.390. The molecule has 1 amide bonds. The zero-order valence-electron chi connectivity index (χ0n) is 15.4. The van der Waals surface area contributed by atoms with Crippen molar-refractivity contribution in [2.45, 2.75) is 17.2 Å². The molecule has 0 aliphatic rings. The number of furan rings is 1. The van der Waals surface area contributed by atoms with Crippen LogP contribution in [-0.4, -0.2) is 32.3 Å². The van der Waals surface area contributed by atoms with Gasteiger partial charge in [0.1, 0.15) is 5.76 Å². The maximum absolute atomic E-state index is 12.2. The van der Waals surface area contributed by atoms with Crippen LogP contribution in [0.25, 0.3) is 5.69 Å². The normalized spacial score (nSPS) is 11.1. The van der Waals surface area contributed by atoms with Gasteiger partial charge in [-0.15, -0.1) is 5.10 Å². The van der Waals surface area contributed by atoms with Crippen molar-refractivity contribution in [3.05, 3.63) is 83.6 Å². The number of carbonyl (C=O) groups excluding carboxylic acids is 1. The lowest BCUT2D eigenvalue weighted by atomic mass is 10.1. The van der Waals surface area contributed by atoms with Gasteiger partial charge in [-0.25, -0.2) is 5.43 Å². The fraction of sp³-hybridized carbons (Fsp3) is 0.0500. The van der Waals surface area contributed by atoms with E-state index in [1.165, 1.54) is 18.0 Å². The molecular formula is C20H16N6O2S. The average Bonchev–Trinajstić information content (AvgIpc) is 3.39. The van der Waals surface area contributed by atoms with Crippen molar-refractivity contribution in [2.75, 3.05) is 0 Å². The Morgan fingerprint density at radius 1 is 1.10 bits per heavy atom. The van der Waals surface area contributed by atoms with E-state index in [4.69, 9.17) is 4.42 Å². The van der Waals surface area contributed by atoms with Gasteiger partial charge in [-0.3, -0.25) is 4.79 Å². The van der Waals surface area contributed by atoms with Crippen molar-refractivity contribution in [3.8, 4) is 5.69 Å². The van der Waals surface area contributed by atoms with Crippen LogP contribution in [0.15, 0.2) is 86.5 Å². The van der Waals surface area contributed by atoms with E-state index in [0.717, 1.165) is 11.3 Å². The minimum atomic E-state index is -0.275. The van der Waals surface area contributed by atoms with Gasteiger partial charge < -0.3 is 4.42 Å². The average molecular weight is 404 g/mol. The summed E-state index contributed by atoms with van der Waals surface area (Å²) in [4.78, 5) is 12.2. The van der Waals surface area contributed by atoms with Crippen molar-refractivity contribution in [1.29, 1.82) is 0 Å². The van der Waals surface area contributed by atoms with Crippen LogP contribution in [-0.2, 0) is 0 Å². The molecule has 0 aliphatic heterocycles. The summed E-state index contributed by atoms with van der Waals surface area (Å²) < 4.78 is 7.34. The molecule has 29 heavy (non-hydrogen) atoms. The number of para-hydroxylation sites is 1. The van der Waals surface area contributed by atoms with Crippen LogP contribution in [0, 0.1) is 6.92 Å². The Labute approximate surface area is 170 Å². The van der Waals surface area contributed by atoms with Gasteiger partial charge in [0, 0.05) is 5.56 Å². The van der Waals surface area contributed by atoms with Crippen LogP contribution in [0.3, 0.4) is 0 Å². The molecule has 8 nitrogen and oxygen atoms in total. The Morgan fingerprint density at radius 3 is 2.72 bits per heavy atom. The molecular weight excluding hydrogens is 388 g/mol. The maximum atomic E-state index is 12.2. The number of hydrazone groups is 1. The van der Waals surface area contributed by atoms with Crippen LogP contribution in [0.4, 0.5) is 0 Å². The third-order valence-electron chi connectivity index (χ3n) is 3.98. The van der Waals surface area contributed by atoms with Crippen molar-refractivity contribution >= 4 is 23.9 Å². The maximum Gasteiger partial charge on any atom is 0.271 e. The van der Waals surface area contributed by atoms with Crippen molar-refractivity contribution in [3.63, 3.8) is 0 Å². The summed E-state index contributed by atoms with van der Waals surface area (Å²) in [6.07, 6.45) is 1.44. The molecule has 4 aromatic rings. The Bertz CT molecular complexity index is 1150. The number of tetrazole rings is 1. The fourth-order valence-electron chi connectivity index (χ4n) is 2.56. The Kier molecular flexibility index (Phi) is 5.48. The summed E-state index contributed by atoms with van der Waals surface area (Å²) in [5.74, 6) is 0.221. The third-order valence-corrected chi connectivity index (χ3v) is 4.84. The van der Waals surface area contributed by atoms with Crippen LogP contribution in [0.1, 0.15) is 21.7 Å². The van der Waals surface area contributed by atoms with Crippen molar-refractivity contribution < 1.29 is 9.21 Å². The number of amides is 1. The summed E-state index contributed by atoms with van der Waals surface area (Å²) >= 11 is 1.29. The number of rotatable bonds is 6. The zero-order valence-corrected chi connectivity index (χ0v) is 16.2. The van der Waals surface area contributed by atoms with Gasteiger partial charge in [0.05, 0.1) is 11.9 Å². The molecule has 1 N–H and O–H groups in total. The van der Waals surface area contributed by atoms with E-state index in [2.05, 4.69) is 26.1 Å². The molecule has 2 aromatic carbocycles. The van der Waals surface area contributed by atoms with Gasteiger partial charge in [-0.2, -0.15) is 9.78 Å². The highest BCUT2D eigenvalue weighted by Gasteiger charge is 2.12. The van der Waals surface area contributed by atoms with Gasteiger partial charge >= 0.3 is 0 Å². The highest BCUT2D eigenvalue weighted by Crippen LogP contribution is 2.28. The summed E-state index contributed by atoms with van der Waals surface area (Å²) in [5, 5.41) is 16.9. The van der Waals surface area contributed by atoms with E-state index >= 15 is 0 Å². The van der Waals surface area contributed by atoms with E-state index in [0.29, 0.717) is 21.6 Å². The number of nitrogens with zero attached hydrogens (tertiary/aromatic N) is 5. The lowest BCUT2D eigenvalue weighted by molar-refractivity contribution is 0.0954. The van der Waals surface area contributed by atoms with E-state index < -0.39 is 0 Å². The molecule has 0 saturated heterocycles. The van der Waals surface area contributed by atoms with Crippen LogP contribution < -0.4 is 5.43 Å². The molecule has 0 fully saturated rings. The van der Waals surface area contributed by atoms with Gasteiger partial charge in [0.15, 0.2) is 5.09 Å². The first-order valence-electron chi connectivity index (χ1n) is 8.71. The van der Waals surface area contributed by atoms with Crippen molar-refractivity contribution in [1.82, 2.24) is 25.6 Å². The number of aromatic nitrogens is 4. The molecule has 0 atom stereocenters. The smallest absolute Gasteiger partial charge is 0.271 e. The Balaban J connectivity index is 1.41. The first kappa shape index (κ1) is 18.6. The molecule has 0 unspecified atom stereocenters. The van der Waals surface area contributed by atoms with E-state index in [1.807, 2.05) is 55.5 Å². The predicted molar refractivity (Wildman–Crippen MR) is 108 cm³/mol. The molecule has 0 bridgehead atoms. The van der Waals surface area contributed by atoms with Crippen LogP contribution in [0.5, 0.6) is 0 Å². The minimum Gasteiger partial charge on any atom is -0.448 e. The van der Waals surface area contributed by atoms with Gasteiger partial charge in [-0.1, -0.05) is 36.4 Å². The van der Waals surface area contributed by atoms with Gasteiger partial charge in [0.2, 0.25) is 5.16 Å². The third kappa shape index (κ3) is 4.41. The Hall–Kier alpha value is -3.72. The summed E-state index contributed by atoms with van der Waals surface area (Å²) in [7, 11) is 0. The fourth-order valence-corrected chi connectivity index (χ4v) is 3.32. The number of aryl methyl sites for hydroxylation is 1. The second kappa shape index (κ2) is 8.53. The minimum absolute atomic E-state index is 0.275. The Morgan fingerprint density at radius 2 is 1.90 bits per heavy atom. The standard InChI is InChI=1S/C20H16N6O2S/c1-14-7-5-6-10-17(14)19(27)22-21-13-16-11-12-18(28-16)29-20-23-24-25-26(20)15-8-3-2-4-9-15/h2-13H,1H3,(H,22,27)/b21-13+. The highest BCUT2D eigenvalue weighted by molar-refractivity contribution is 7.99. The summed E-state index contributed by atoms with van der Waals surface area (Å²) in [6.45, 7) is 1.87. The monoisotopic (exact) mass is 404 g/mol. The van der Waals surface area contributed by atoms with Crippen LogP contribution >= 0.6 is 11.8 Å².